The first-order valence-corrected chi connectivity index (χ1v) is 9.08. The molecule has 0 saturated heterocycles. The lowest BCUT2D eigenvalue weighted by Crippen LogP contribution is -2.45. The molecule has 0 radical (unpaired) electrons. The van der Waals surface area contributed by atoms with Gasteiger partial charge in [0.25, 0.3) is 15.9 Å². The van der Waals surface area contributed by atoms with Crippen LogP contribution >= 0.6 is 11.6 Å². The second-order valence-electron chi connectivity index (χ2n) is 5.93. The van der Waals surface area contributed by atoms with Crippen molar-refractivity contribution in [1.29, 1.82) is 0 Å². The highest BCUT2D eigenvalue weighted by atomic mass is 35.5. The number of halogens is 2. The second-order valence-corrected chi connectivity index (χ2v) is 7.99. The van der Waals surface area contributed by atoms with Crippen LogP contribution in [0, 0.1) is 5.82 Å². The van der Waals surface area contributed by atoms with Crippen LogP contribution in [-0.4, -0.2) is 19.9 Å². The van der Waals surface area contributed by atoms with E-state index in [4.69, 9.17) is 16.3 Å². The van der Waals surface area contributed by atoms with E-state index in [1.165, 1.54) is 30.3 Å². The molecule has 3 rings (SSSR count). The summed E-state index contributed by atoms with van der Waals surface area (Å²) >= 11 is 5.64. The Morgan fingerprint density at radius 1 is 1.24 bits per heavy atom. The molecule has 0 aromatic heterocycles. The van der Waals surface area contributed by atoms with Crippen molar-refractivity contribution in [3.63, 3.8) is 0 Å². The minimum absolute atomic E-state index is 0.157. The topological polar surface area (TPSA) is 84.5 Å². The Labute approximate surface area is 149 Å². The maximum atomic E-state index is 14.0. The molecule has 1 aliphatic heterocycles. The Kier molecular flexibility index (Phi) is 4.12. The number of benzene rings is 2. The fraction of sp³-hybridized carbons (Fsp3) is 0.188. The molecule has 0 unspecified atom stereocenters. The molecule has 0 spiro atoms. The number of amides is 1. The Morgan fingerprint density at radius 3 is 2.68 bits per heavy atom. The molecule has 2 aromatic carbocycles. The highest BCUT2D eigenvalue weighted by Crippen LogP contribution is 2.36. The van der Waals surface area contributed by atoms with E-state index in [0.717, 1.165) is 6.07 Å². The number of anilines is 2. The zero-order chi connectivity index (χ0) is 18.4. The Bertz CT molecular complexity index is 976. The van der Waals surface area contributed by atoms with Crippen molar-refractivity contribution in [3.8, 4) is 5.75 Å². The maximum Gasteiger partial charge on any atom is 0.268 e. The molecule has 6 nitrogen and oxygen atoms in total. The van der Waals surface area contributed by atoms with Gasteiger partial charge in [-0.05, 0) is 38.1 Å². The van der Waals surface area contributed by atoms with Gasteiger partial charge < -0.3 is 10.1 Å². The molecule has 0 saturated carbocycles. The molecule has 2 N–H and O–H groups in total. The van der Waals surface area contributed by atoms with Crippen LogP contribution in [0.15, 0.2) is 41.3 Å². The molecule has 0 bridgehead atoms. The van der Waals surface area contributed by atoms with Gasteiger partial charge in [0.2, 0.25) is 0 Å². The average Bonchev–Trinajstić information content (AvgIpc) is 2.50. The lowest BCUT2D eigenvalue weighted by Gasteiger charge is -2.31. The van der Waals surface area contributed by atoms with Gasteiger partial charge in [-0.3, -0.25) is 9.52 Å². The predicted molar refractivity (Wildman–Crippen MR) is 92.0 cm³/mol. The second kappa shape index (κ2) is 5.89. The Balaban J connectivity index is 1.94. The number of sulfonamides is 1. The third-order valence-electron chi connectivity index (χ3n) is 3.60. The summed E-state index contributed by atoms with van der Waals surface area (Å²) in [6.45, 7) is 3.17. The normalized spacial score (nSPS) is 15.8. The molecule has 132 valence electrons. The zero-order valence-electron chi connectivity index (χ0n) is 13.3. The summed E-state index contributed by atoms with van der Waals surface area (Å²) < 4.78 is 46.7. The summed E-state index contributed by atoms with van der Waals surface area (Å²) in [5.41, 5.74) is -0.518. The quantitative estimate of drug-likeness (QED) is 0.849. The minimum Gasteiger partial charge on any atom is -0.476 e. The third kappa shape index (κ3) is 3.27. The lowest BCUT2D eigenvalue weighted by atomic mass is 10.1. The molecule has 0 atom stereocenters. The number of nitrogens with one attached hydrogen (secondary N) is 2. The number of fused-ring (bicyclic) bond motifs is 1. The van der Waals surface area contributed by atoms with Gasteiger partial charge in [0.05, 0.1) is 16.4 Å². The van der Waals surface area contributed by atoms with E-state index >= 15 is 0 Å². The molecule has 25 heavy (non-hydrogen) atoms. The summed E-state index contributed by atoms with van der Waals surface area (Å²) in [6.07, 6.45) is 0. The van der Waals surface area contributed by atoms with Crippen LogP contribution in [0.3, 0.4) is 0 Å². The molecular weight excluding hydrogens is 371 g/mol. The van der Waals surface area contributed by atoms with Crippen LogP contribution in [0.1, 0.15) is 13.8 Å². The van der Waals surface area contributed by atoms with E-state index in [-0.39, 0.29) is 16.6 Å². The van der Waals surface area contributed by atoms with Crippen LogP contribution < -0.4 is 14.8 Å². The van der Waals surface area contributed by atoms with Gasteiger partial charge in [-0.15, -0.1) is 0 Å². The zero-order valence-corrected chi connectivity index (χ0v) is 14.8. The molecule has 1 aliphatic rings. The van der Waals surface area contributed by atoms with Crippen molar-refractivity contribution < 1.29 is 22.3 Å². The minimum atomic E-state index is -4.18. The number of ether oxygens (including phenoxy) is 1. The fourth-order valence-corrected chi connectivity index (χ4v) is 3.65. The summed E-state index contributed by atoms with van der Waals surface area (Å²) in [5.74, 6) is -1.04. The Morgan fingerprint density at radius 2 is 1.96 bits per heavy atom. The van der Waals surface area contributed by atoms with Crippen LogP contribution in [0.25, 0.3) is 0 Å². The molecular formula is C16H14ClFN2O4S. The highest BCUT2D eigenvalue weighted by molar-refractivity contribution is 7.92. The maximum absolute atomic E-state index is 14.0. The van der Waals surface area contributed by atoms with Crippen LogP contribution in [0.5, 0.6) is 5.75 Å². The van der Waals surface area contributed by atoms with Crippen molar-refractivity contribution in [3.05, 3.63) is 47.2 Å². The molecule has 2 aromatic rings. The van der Waals surface area contributed by atoms with E-state index in [2.05, 4.69) is 10.0 Å². The number of carbonyl (C=O) groups is 1. The first-order valence-electron chi connectivity index (χ1n) is 7.21. The van der Waals surface area contributed by atoms with E-state index in [1.807, 2.05) is 0 Å². The lowest BCUT2D eigenvalue weighted by molar-refractivity contribution is -0.129. The summed E-state index contributed by atoms with van der Waals surface area (Å²) in [4.78, 5) is 11.3. The van der Waals surface area contributed by atoms with Crippen LogP contribution in [-0.2, 0) is 14.8 Å². The molecule has 9 heteroatoms. The first kappa shape index (κ1) is 17.5. The van der Waals surface area contributed by atoms with Gasteiger partial charge in [-0.2, -0.15) is 0 Å². The van der Waals surface area contributed by atoms with Crippen molar-refractivity contribution in [2.45, 2.75) is 24.3 Å². The molecule has 0 fully saturated rings. The smallest absolute Gasteiger partial charge is 0.268 e. The summed E-state index contributed by atoms with van der Waals surface area (Å²) in [7, 11) is -4.18. The summed E-state index contributed by atoms with van der Waals surface area (Å²) in [5, 5.41) is 2.38. The Hall–Kier alpha value is -2.32. The molecule has 0 aliphatic carbocycles. The largest absolute Gasteiger partial charge is 0.476 e. The molecule has 1 amide bonds. The van der Waals surface area contributed by atoms with E-state index in [1.54, 1.807) is 13.8 Å². The number of hydrogen-bond donors (Lipinski definition) is 2. The first-order chi connectivity index (χ1) is 11.6. The standard InChI is InChI=1S/C16H14ClFN2O4S/c1-16(2)15(21)19-11-7-6-9(8-12(11)24-16)20-25(22,23)13-5-3-4-10(17)14(13)18/h3-8,20H,1-2H3,(H,19,21). The third-order valence-corrected chi connectivity index (χ3v) is 5.29. The van der Waals surface area contributed by atoms with Gasteiger partial charge >= 0.3 is 0 Å². The SMILES string of the molecule is CC1(C)Oc2cc(NS(=O)(=O)c3cccc(Cl)c3F)ccc2NC1=O. The van der Waals surface area contributed by atoms with Gasteiger partial charge in [0, 0.05) is 6.07 Å². The van der Waals surface area contributed by atoms with Gasteiger partial charge in [0.15, 0.2) is 11.4 Å². The van der Waals surface area contributed by atoms with Crippen molar-refractivity contribution in [2.24, 2.45) is 0 Å². The monoisotopic (exact) mass is 384 g/mol. The van der Waals surface area contributed by atoms with Gasteiger partial charge in [-0.1, -0.05) is 17.7 Å². The van der Waals surface area contributed by atoms with Crippen molar-refractivity contribution in [1.82, 2.24) is 0 Å². The van der Waals surface area contributed by atoms with Crippen LogP contribution in [0.2, 0.25) is 5.02 Å². The van der Waals surface area contributed by atoms with Crippen molar-refractivity contribution in [2.75, 3.05) is 10.0 Å². The summed E-state index contributed by atoms with van der Waals surface area (Å²) in [6, 6.07) is 8.05. The number of rotatable bonds is 3. The van der Waals surface area contributed by atoms with Crippen molar-refractivity contribution >= 4 is 38.9 Å². The fourth-order valence-electron chi connectivity index (χ4n) is 2.27. The highest BCUT2D eigenvalue weighted by Gasteiger charge is 2.35. The average molecular weight is 385 g/mol. The van der Waals surface area contributed by atoms with Crippen LogP contribution in [0.4, 0.5) is 15.8 Å². The number of hydrogen-bond acceptors (Lipinski definition) is 4. The van der Waals surface area contributed by atoms with Gasteiger partial charge in [0.1, 0.15) is 10.6 Å². The molecule has 1 heterocycles. The number of carbonyl (C=O) groups excluding carboxylic acids is 1. The van der Waals surface area contributed by atoms with E-state index in [0.29, 0.717) is 11.4 Å². The van der Waals surface area contributed by atoms with Gasteiger partial charge in [-0.25, -0.2) is 12.8 Å². The van der Waals surface area contributed by atoms with E-state index in [9.17, 15) is 17.6 Å². The van der Waals surface area contributed by atoms with E-state index < -0.39 is 26.3 Å². The predicted octanol–water partition coefficient (Wildman–Crippen LogP) is 3.39.